The summed E-state index contributed by atoms with van der Waals surface area (Å²) >= 11 is 0. The fraction of sp³-hybridized carbons (Fsp3) is 0.562. The molecule has 0 radical (unpaired) electrons. The second-order valence-corrected chi connectivity index (χ2v) is 5.51. The topological polar surface area (TPSA) is 102 Å². The average Bonchev–Trinajstić information content (AvgIpc) is 2.61. The van der Waals surface area contributed by atoms with E-state index < -0.39 is 0 Å². The first-order valence-corrected chi connectivity index (χ1v) is 8.09. The lowest BCUT2D eigenvalue weighted by Crippen LogP contribution is -2.48. The van der Waals surface area contributed by atoms with Gasteiger partial charge in [0.05, 0.1) is 20.3 Å². The van der Waals surface area contributed by atoms with Gasteiger partial charge >= 0.3 is 6.09 Å². The number of methoxy groups -OCH3 is 1. The molecule has 0 aromatic carbocycles. The van der Waals surface area contributed by atoms with Crippen molar-refractivity contribution in [2.24, 2.45) is 10.7 Å². The second-order valence-electron chi connectivity index (χ2n) is 5.51. The Balaban J connectivity index is 0.00000312. The molecule has 140 valence electrons. The highest BCUT2D eigenvalue weighted by Gasteiger charge is 2.23. The summed E-state index contributed by atoms with van der Waals surface area (Å²) in [5, 5.41) is 3.21. The maximum absolute atomic E-state index is 11.7. The predicted molar refractivity (Wildman–Crippen MR) is 106 cm³/mol. The number of hydrogen-bond donors (Lipinski definition) is 2. The number of halogens is 1. The summed E-state index contributed by atoms with van der Waals surface area (Å²) in [5.74, 6) is 0.959. The molecule has 1 saturated heterocycles. The van der Waals surface area contributed by atoms with Crippen LogP contribution in [0.2, 0.25) is 0 Å². The van der Waals surface area contributed by atoms with Crippen LogP contribution < -0.4 is 15.8 Å². The summed E-state index contributed by atoms with van der Waals surface area (Å²) in [5.41, 5.74) is 6.93. The van der Waals surface area contributed by atoms with Gasteiger partial charge in [-0.1, -0.05) is 0 Å². The van der Waals surface area contributed by atoms with Gasteiger partial charge in [0.2, 0.25) is 5.88 Å². The third kappa shape index (κ3) is 6.92. The number of carbonyl (C=O) groups is 1. The number of nitrogens with zero attached hydrogens (tertiary/aromatic N) is 3. The molecular formula is C16H26IN5O3. The standard InChI is InChI=1S/C16H25N5O3.HI/c1-3-24-16(22)21-8-5-13(6-9-21)20-15(17)19-11-12-4-7-18-14(10-12)23-2;/h4,7,10,13H,3,5-6,8-9,11H2,1-2H3,(H3,17,19,20);1H. The van der Waals surface area contributed by atoms with Crippen molar-refractivity contribution in [3.63, 3.8) is 0 Å². The molecule has 9 heteroatoms. The summed E-state index contributed by atoms with van der Waals surface area (Å²) in [6.07, 6.45) is 3.07. The first-order chi connectivity index (χ1) is 11.6. The van der Waals surface area contributed by atoms with Crippen molar-refractivity contribution in [3.05, 3.63) is 23.9 Å². The minimum Gasteiger partial charge on any atom is -0.481 e. The fourth-order valence-corrected chi connectivity index (χ4v) is 2.51. The van der Waals surface area contributed by atoms with E-state index >= 15 is 0 Å². The van der Waals surface area contributed by atoms with Crippen LogP contribution in [-0.4, -0.2) is 54.8 Å². The maximum Gasteiger partial charge on any atom is 0.409 e. The van der Waals surface area contributed by atoms with Gasteiger partial charge in [0.25, 0.3) is 0 Å². The molecule has 1 amide bonds. The highest BCUT2D eigenvalue weighted by molar-refractivity contribution is 14.0. The Labute approximate surface area is 165 Å². The first-order valence-electron chi connectivity index (χ1n) is 8.09. The molecule has 0 unspecified atom stereocenters. The number of amides is 1. The monoisotopic (exact) mass is 463 g/mol. The summed E-state index contributed by atoms with van der Waals surface area (Å²) in [7, 11) is 1.58. The first kappa shape index (κ1) is 21.3. The Hall–Kier alpha value is -1.78. The normalized spacial score (nSPS) is 15.3. The van der Waals surface area contributed by atoms with E-state index in [1.807, 2.05) is 19.1 Å². The molecule has 1 fully saturated rings. The predicted octanol–water partition coefficient (Wildman–Crippen LogP) is 1.73. The van der Waals surface area contributed by atoms with Crippen LogP contribution in [0.25, 0.3) is 0 Å². The van der Waals surface area contributed by atoms with Crippen LogP contribution in [0.4, 0.5) is 4.79 Å². The maximum atomic E-state index is 11.7. The van der Waals surface area contributed by atoms with Crippen LogP contribution in [0.5, 0.6) is 5.88 Å². The molecule has 3 N–H and O–H groups in total. The molecule has 1 aliphatic rings. The van der Waals surface area contributed by atoms with E-state index in [9.17, 15) is 4.79 Å². The zero-order chi connectivity index (χ0) is 17.4. The van der Waals surface area contributed by atoms with Crippen molar-refractivity contribution in [2.45, 2.75) is 32.4 Å². The van der Waals surface area contributed by atoms with E-state index in [0.717, 1.165) is 18.4 Å². The number of piperidine rings is 1. The van der Waals surface area contributed by atoms with E-state index in [0.29, 0.717) is 38.1 Å². The Bertz CT molecular complexity index is 577. The fourth-order valence-electron chi connectivity index (χ4n) is 2.51. The van der Waals surface area contributed by atoms with Crippen molar-refractivity contribution in [1.82, 2.24) is 15.2 Å². The van der Waals surface area contributed by atoms with E-state index in [4.69, 9.17) is 15.2 Å². The van der Waals surface area contributed by atoms with E-state index in [1.165, 1.54) is 0 Å². The van der Waals surface area contributed by atoms with Gasteiger partial charge in [0.15, 0.2) is 5.96 Å². The van der Waals surface area contributed by atoms with Crippen LogP contribution in [0.1, 0.15) is 25.3 Å². The van der Waals surface area contributed by atoms with Crippen molar-refractivity contribution in [1.29, 1.82) is 0 Å². The van der Waals surface area contributed by atoms with Crippen LogP contribution >= 0.6 is 24.0 Å². The van der Waals surface area contributed by atoms with Gasteiger partial charge in [-0.25, -0.2) is 14.8 Å². The lowest BCUT2D eigenvalue weighted by molar-refractivity contribution is 0.0963. The Kier molecular flexibility index (Phi) is 9.32. The quantitative estimate of drug-likeness (QED) is 0.392. The third-order valence-electron chi connectivity index (χ3n) is 3.81. The molecule has 2 rings (SSSR count). The molecule has 1 aromatic rings. The molecule has 0 spiro atoms. The van der Waals surface area contributed by atoms with Crippen molar-refractivity contribution in [3.8, 4) is 5.88 Å². The number of aromatic nitrogens is 1. The number of carbonyl (C=O) groups excluding carboxylic acids is 1. The van der Waals surface area contributed by atoms with E-state index in [1.54, 1.807) is 18.2 Å². The number of pyridine rings is 1. The van der Waals surface area contributed by atoms with Gasteiger partial charge in [-0.3, -0.25) is 0 Å². The van der Waals surface area contributed by atoms with Gasteiger partial charge < -0.3 is 25.4 Å². The van der Waals surface area contributed by atoms with Crippen LogP contribution in [0.3, 0.4) is 0 Å². The molecule has 8 nitrogen and oxygen atoms in total. The van der Waals surface area contributed by atoms with E-state index in [-0.39, 0.29) is 36.1 Å². The van der Waals surface area contributed by atoms with E-state index in [2.05, 4.69) is 15.3 Å². The molecule has 1 aromatic heterocycles. The molecule has 0 atom stereocenters. The Morgan fingerprint density at radius 2 is 2.20 bits per heavy atom. The number of nitrogens with two attached hydrogens (primary N) is 1. The Morgan fingerprint density at radius 3 is 2.84 bits per heavy atom. The highest BCUT2D eigenvalue weighted by Crippen LogP contribution is 2.12. The van der Waals surface area contributed by atoms with Crippen LogP contribution in [-0.2, 0) is 11.3 Å². The van der Waals surface area contributed by atoms with Gasteiger partial charge in [-0.15, -0.1) is 24.0 Å². The Morgan fingerprint density at radius 1 is 1.48 bits per heavy atom. The van der Waals surface area contributed by atoms with Gasteiger partial charge in [0, 0.05) is 31.4 Å². The lowest BCUT2D eigenvalue weighted by Gasteiger charge is -2.31. The molecule has 0 bridgehead atoms. The number of hydrogen-bond acceptors (Lipinski definition) is 5. The molecule has 1 aliphatic heterocycles. The average molecular weight is 463 g/mol. The van der Waals surface area contributed by atoms with Gasteiger partial charge in [0.1, 0.15) is 0 Å². The zero-order valence-electron chi connectivity index (χ0n) is 14.6. The number of ether oxygens (including phenoxy) is 2. The van der Waals surface area contributed by atoms with Crippen molar-refractivity contribution in [2.75, 3.05) is 26.8 Å². The largest absolute Gasteiger partial charge is 0.481 e. The SMILES string of the molecule is CCOC(=O)N1CCC(NC(N)=NCc2ccnc(OC)c2)CC1.I. The van der Waals surface area contributed by atoms with Crippen LogP contribution in [0.15, 0.2) is 23.3 Å². The minimum absolute atomic E-state index is 0. The molecule has 25 heavy (non-hydrogen) atoms. The number of rotatable bonds is 5. The van der Waals surface area contributed by atoms with Gasteiger partial charge in [-0.05, 0) is 31.4 Å². The minimum atomic E-state index is -0.246. The summed E-state index contributed by atoms with van der Waals surface area (Å²) in [6.45, 7) is 3.98. The number of guanidine groups is 1. The van der Waals surface area contributed by atoms with Crippen molar-refractivity contribution >= 4 is 36.0 Å². The number of likely N-dealkylation sites (tertiary alicyclic amines) is 1. The third-order valence-corrected chi connectivity index (χ3v) is 3.81. The smallest absolute Gasteiger partial charge is 0.409 e. The second kappa shape index (κ2) is 11.0. The van der Waals surface area contributed by atoms with Crippen LogP contribution in [0, 0.1) is 0 Å². The summed E-state index contributed by atoms with van der Waals surface area (Å²) in [4.78, 5) is 21.8. The molecule has 0 aliphatic carbocycles. The molecular weight excluding hydrogens is 437 g/mol. The number of nitrogens with one attached hydrogen (secondary N) is 1. The molecule has 0 saturated carbocycles. The lowest BCUT2D eigenvalue weighted by atomic mass is 10.1. The summed E-state index contributed by atoms with van der Waals surface area (Å²) < 4.78 is 10.1. The molecule has 2 heterocycles. The number of aliphatic imine (C=N–C) groups is 1. The zero-order valence-corrected chi connectivity index (χ0v) is 16.9. The summed E-state index contributed by atoms with van der Waals surface area (Å²) in [6, 6.07) is 3.91. The van der Waals surface area contributed by atoms with Gasteiger partial charge in [-0.2, -0.15) is 0 Å². The highest BCUT2D eigenvalue weighted by atomic mass is 127. The van der Waals surface area contributed by atoms with Crippen molar-refractivity contribution < 1.29 is 14.3 Å².